The quantitative estimate of drug-likeness (QED) is 0.453. The van der Waals surface area contributed by atoms with E-state index in [0.29, 0.717) is 24.3 Å². The molecule has 0 radical (unpaired) electrons. The highest BCUT2D eigenvalue weighted by Crippen LogP contribution is 2.20. The first-order valence-corrected chi connectivity index (χ1v) is 7.20. The third kappa shape index (κ3) is 5.94. The molecule has 1 aliphatic rings. The molecule has 110 valence electrons. The van der Waals surface area contributed by atoms with Crippen LogP contribution in [0.3, 0.4) is 0 Å². The van der Waals surface area contributed by atoms with Gasteiger partial charge in [-0.3, -0.25) is 4.99 Å². The highest BCUT2D eigenvalue weighted by atomic mass is 16.5. The number of esters is 1. The normalized spacial score (nSPS) is 19.3. The highest BCUT2D eigenvalue weighted by molar-refractivity contribution is 5.85. The first-order valence-electron chi connectivity index (χ1n) is 7.20. The lowest BCUT2D eigenvalue weighted by molar-refractivity contribution is -0.143. The number of methoxy groups -OCH3 is 1. The first kappa shape index (κ1) is 15.8. The van der Waals surface area contributed by atoms with Crippen molar-refractivity contribution < 1.29 is 9.53 Å². The molecule has 1 atom stereocenters. The number of carbonyl (C=O) groups excluding carboxylic acids is 1. The molecule has 0 aromatic heterocycles. The number of carbonyl (C=O) groups is 1. The van der Waals surface area contributed by atoms with Gasteiger partial charge in [-0.25, -0.2) is 4.79 Å². The van der Waals surface area contributed by atoms with Crippen molar-refractivity contribution in [3.63, 3.8) is 0 Å². The topological polar surface area (TPSA) is 76.7 Å². The lowest BCUT2D eigenvalue weighted by Crippen LogP contribution is -2.46. The number of ether oxygens (including phenoxy) is 1. The average molecular weight is 269 g/mol. The van der Waals surface area contributed by atoms with E-state index in [1.807, 2.05) is 0 Å². The van der Waals surface area contributed by atoms with Crippen LogP contribution in [-0.4, -0.2) is 31.1 Å². The molecule has 0 spiro atoms. The number of nitrogens with zero attached hydrogens (tertiary/aromatic N) is 1. The Labute approximate surface area is 116 Å². The molecular weight excluding hydrogens is 242 g/mol. The average Bonchev–Trinajstić information content (AvgIpc) is 2.37. The molecule has 19 heavy (non-hydrogen) atoms. The van der Waals surface area contributed by atoms with Gasteiger partial charge < -0.3 is 15.8 Å². The molecule has 0 aromatic carbocycles. The van der Waals surface area contributed by atoms with Gasteiger partial charge in [0.15, 0.2) is 5.96 Å². The molecule has 0 aliphatic heterocycles. The van der Waals surface area contributed by atoms with E-state index >= 15 is 0 Å². The molecule has 1 fully saturated rings. The van der Waals surface area contributed by atoms with Gasteiger partial charge in [0.05, 0.1) is 13.2 Å². The van der Waals surface area contributed by atoms with Gasteiger partial charge in [0, 0.05) is 0 Å². The minimum absolute atomic E-state index is 0.282. The smallest absolute Gasteiger partial charge is 0.328 e. The van der Waals surface area contributed by atoms with E-state index in [1.165, 1.54) is 26.4 Å². The SMILES string of the molecule is COC(=O)C(CC(C)C)NC(N)=NC1CCCCC1. The van der Waals surface area contributed by atoms with Crippen LogP contribution in [0.1, 0.15) is 52.4 Å². The third-order valence-electron chi connectivity index (χ3n) is 3.41. The maximum Gasteiger partial charge on any atom is 0.328 e. The van der Waals surface area contributed by atoms with Gasteiger partial charge in [-0.15, -0.1) is 0 Å². The van der Waals surface area contributed by atoms with Crippen molar-refractivity contribution in [2.75, 3.05) is 7.11 Å². The summed E-state index contributed by atoms with van der Waals surface area (Å²) in [5.74, 6) is 0.470. The van der Waals surface area contributed by atoms with Crippen molar-refractivity contribution in [1.29, 1.82) is 0 Å². The van der Waals surface area contributed by atoms with E-state index in [0.717, 1.165) is 12.8 Å². The fourth-order valence-electron chi connectivity index (χ4n) is 2.45. The summed E-state index contributed by atoms with van der Waals surface area (Å²) in [6.07, 6.45) is 6.59. The summed E-state index contributed by atoms with van der Waals surface area (Å²) in [7, 11) is 1.39. The summed E-state index contributed by atoms with van der Waals surface area (Å²) >= 11 is 0. The zero-order chi connectivity index (χ0) is 14.3. The van der Waals surface area contributed by atoms with Gasteiger partial charge in [0.1, 0.15) is 6.04 Å². The molecule has 1 saturated carbocycles. The Morgan fingerprint density at radius 1 is 1.37 bits per heavy atom. The van der Waals surface area contributed by atoms with Crippen LogP contribution in [0.5, 0.6) is 0 Å². The van der Waals surface area contributed by atoms with Crippen molar-refractivity contribution in [2.24, 2.45) is 16.6 Å². The van der Waals surface area contributed by atoms with Crippen LogP contribution < -0.4 is 11.1 Å². The van der Waals surface area contributed by atoms with E-state index in [2.05, 4.69) is 24.2 Å². The Morgan fingerprint density at radius 3 is 2.53 bits per heavy atom. The molecule has 5 nitrogen and oxygen atoms in total. The Morgan fingerprint density at radius 2 is 2.00 bits per heavy atom. The molecule has 0 heterocycles. The minimum Gasteiger partial charge on any atom is -0.467 e. The summed E-state index contributed by atoms with van der Waals surface area (Å²) in [4.78, 5) is 16.2. The third-order valence-corrected chi connectivity index (χ3v) is 3.41. The number of hydrogen-bond acceptors (Lipinski definition) is 3. The van der Waals surface area contributed by atoms with Crippen LogP contribution in [0.15, 0.2) is 4.99 Å². The zero-order valence-electron chi connectivity index (χ0n) is 12.3. The number of nitrogens with two attached hydrogens (primary N) is 1. The van der Waals surface area contributed by atoms with Crippen molar-refractivity contribution in [3.05, 3.63) is 0 Å². The summed E-state index contributed by atoms with van der Waals surface area (Å²) < 4.78 is 4.79. The minimum atomic E-state index is -0.405. The molecule has 1 aliphatic carbocycles. The lowest BCUT2D eigenvalue weighted by Gasteiger charge is -2.21. The van der Waals surface area contributed by atoms with Crippen LogP contribution >= 0.6 is 0 Å². The number of rotatable bonds is 5. The highest BCUT2D eigenvalue weighted by Gasteiger charge is 2.21. The second-order valence-electron chi connectivity index (χ2n) is 5.66. The van der Waals surface area contributed by atoms with E-state index in [-0.39, 0.29) is 5.97 Å². The van der Waals surface area contributed by atoms with Crippen LogP contribution in [0.2, 0.25) is 0 Å². The largest absolute Gasteiger partial charge is 0.467 e. The fraction of sp³-hybridized carbons (Fsp3) is 0.857. The molecule has 0 amide bonds. The second-order valence-corrected chi connectivity index (χ2v) is 5.66. The molecule has 0 bridgehead atoms. The summed E-state index contributed by atoms with van der Waals surface area (Å²) in [5.41, 5.74) is 5.90. The van der Waals surface area contributed by atoms with Crippen molar-refractivity contribution in [2.45, 2.75) is 64.5 Å². The van der Waals surface area contributed by atoms with Gasteiger partial charge in [-0.2, -0.15) is 0 Å². The predicted molar refractivity (Wildman–Crippen MR) is 76.9 cm³/mol. The predicted octanol–water partition coefficient (Wildman–Crippen LogP) is 1.81. The summed E-state index contributed by atoms with van der Waals surface area (Å²) in [6, 6.07) is -0.101. The summed E-state index contributed by atoms with van der Waals surface area (Å²) in [5, 5.41) is 3.00. The number of guanidine groups is 1. The van der Waals surface area contributed by atoms with Crippen molar-refractivity contribution in [3.8, 4) is 0 Å². The Bertz CT molecular complexity index is 310. The second kappa shape index (κ2) is 8.02. The molecule has 3 N–H and O–H groups in total. The zero-order valence-corrected chi connectivity index (χ0v) is 12.3. The van der Waals surface area contributed by atoms with E-state index in [9.17, 15) is 4.79 Å². The molecule has 5 heteroatoms. The van der Waals surface area contributed by atoms with Gasteiger partial charge in [0.2, 0.25) is 0 Å². The number of nitrogens with one attached hydrogen (secondary N) is 1. The van der Waals surface area contributed by atoms with E-state index < -0.39 is 6.04 Å². The van der Waals surface area contributed by atoms with Gasteiger partial charge in [-0.05, 0) is 25.2 Å². The van der Waals surface area contributed by atoms with Gasteiger partial charge >= 0.3 is 5.97 Å². The molecule has 0 saturated heterocycles. The molecule has 1 unspecified atom stereocenters. The fourth-order valence-corrected chi connectivity index (χ4v) is 2.45. The lowest BCUT2D eigenvalue weighted by atomic mass is 9.96. The van der Waals surface area contributed by atoms with E-state index in [4.69, 9.17) is 10.5 Å². The summed E-state index contributed by atoms with van der Waals surface area (Å²) in [6.45, 7) is 4.12. The maximum absolute atomic E-state index is 11.7. The first-order chi connectivity index (χ1) is 9.02. The van der Waals surface area contributed by atoms with Crippen LogP contribution in [0.25, 0.3) is 0 Å². The maximum atomic E-state index is 11.7. The molecule has 1 rings (SSSR count). The standard InChI is InChI=1S/C14H27N3O2/c1-10(2)9-12(13(18)19-3)17-14(15)16-11-7-5-4-6-8-11/h10-12H,4-9H2,1-3H3,(H3,15,16,17). The van der Waals surface area contributed by atoms with E-state index in [1.54, 1.807) is 0 Å². The Balaban J connectivity index is 2.55. The van der Waals surface area contributed by atoms with Crippen molar-refractivity contribution >= 4 is 11.9 Å². The van der Waals surface area contributed by atoms with Crippen LogP contribution in [-0.2, 0) is 9.53 Å². The molecule has 0 aromatic rings. The van der Waals surface area contributed by atoms with Gasteiger partial charge in [-0.1, -0.05) is 33.1 Å². The van der Waals surface area contributed by atoms with Gasteiger partial charge in [0.25, 0.3) is 0 Å². The van der Waals surface area contributed by atoms with Crippen LogP contribution in [0.4, 0.5) is 0 Å². The number of aliphatic imine (C=N–C) groups is 1. The molecular formula is C14H27N3O2. The van der Waals surface area contributed by atoms with Crippen LogP contribution in [0, 0.1) is 5.92 Å². The Kier molecular flexibility index (Phi) is 6.67. The van der Waals surface area contributed by atoms with Crippen molar-refractivity contribution in [1.82, 2.24) is 5.32 Å². The Hall–Kier alpha value is -1.26. The number of hydrogen-bond donors (Lipinski definition) is 2. The monoisotopic (exact) mass is 269 g/mol.